The molecule has 6 nitrogen and oxygen atoms in total. The van der Waals surface area contributed by atoms with Crippen molar-refractivity contribution in [1.82, 2.24) is 14.5 Å². The molecule has 0 aliphatic heterocycles. The van der Waals surface area contributed by atoms with E-state index in [0.29, 0.717) is 12.4 Å². The van der Waals surface area contributed by atoms with Gasteiger partial charge in [-0.15, -0.1) is 0 Å². The zero-order valence-electron chi connectivity index (χ0n) is 12.7. The highest BCUT2D eigenvalue weighted by Crippen LogP contribution is 2.23. The second-order valence-electron chi connectivity index (χ2n) is 5.59. The molecule has 0 aliphatic carbocycles. The van der Waals surface area contributed by atoms with Crippen LogP contribution in [0.3, 0.4) is 0 Å². The summed E-state index contributed by atoms with van der Waals surface area (Å²) in [7, 11) is 0. The largest absolute Gasteiger partial charge is 0.477 e. The first kappa shape index (κ1) is 14.2. The van der Waals surface area contributed by atoms with Crippen molar-refractivity contribution in [2.45, 2.75) is 6.54 Å². The van der Waals surface area contributed by atoms with E-state index < -0.39 is 5.97 Å². The number of aromatic nitrogens is 3. The van der Waals surface area contributed by atoms with Crippen LogP contribution in [0, 0.1) is 0 Å². The summed E-state index contributed by atoms with van der Waals surface area (Å²) in [6.45, 7) is 0.439. The molecule has 0 saturated heterocycles. The number of carboxylic acid groups (broad SMARTS) is 1. The van der Waals surface area contributed by atoms with Crippen LogP contribution in [0.4, 0.5) is 5.82 Å². The van der Waals surface area contributed by atoms with Gasteiger partial charge in [0.1, 0.15) is 17.8 Å². The lowest BCUT2D eigenvalue weighted by Crippen LogP contribution is -2.09. The maximum absolute atomic E-state index is 11.6. The van der Waals surface area contributed by atoms with E-state index >= 15 is 0 Å². The number of benzene rings is 2. The van der Waals surface area contributed by atoms with E-state index in [1.54, 1.807) is 10.6 Å². The number of aromatic carboxylic acids is 1. The van der Waals surface area contributed by atoms with E-state index in [2.05, 4.69) is 9.97 Å². The quantitative estimate of drug-likeness (QED) is 0.605. The first-order valence-corrected chi connectivity index (χ1v) is 7.44. The van der Waals surface area contributed by atoms with Gasteiger partial charge >= 0.3 is 5.97 Å². The Hall–Kier alpha value is -3.41. The van der Waals surface area contributed by atoms with Crippen molar-refractivity contribution in [3.05, 3.63) is 66.1 Å². The molecule has 0 aliphatic rings. The average Bonchev–Trinajstić information content (AvgIpc) is 2.94. The zero-order valence-corrected chi connectivity index (χ0v) is 12.7. The van der Waals surface area contributed by atoms with Crippen LogP contribution in [0.15, 0.2) is 54.9 Å². The Morgan fingerprint density at radius 1 is 1.12 bits per heavy atom. The van der Waals surface area contributed by atoms with Gasteiger partial charge in [-0.05, 0) is 29.8 Å². The van der Waals surface area contributed by atoms with Crippen molar-refractivity contribution in [3.63, 3.8) is 0 Å². The van der Waals surface area contributed by atoms with Crippen LogP contribution >= 0.6 is 0 Å². The maximum atomic E-state index is 11.6. The molecule has 2 aromatic carbocycles. The third-order valence-corrected chi connectivity index (χ3v) is 4.10. The summed E-state index contributed by atoms with van der Waals surface area (Å²) in [4.78, 5) is 19.8. The topological polar surface area (TPSA) is 94.0 Å². The minimum atomic E-state index is -0.946. The third-order valence-electron chi connectivity index (χ3n) is 4.10. The van der Waals surface area contributed by atoms with Gasteiger partial charge in [-0.3, -0.25) is 0 Å². The van der Waals surface area contributed by atoms with Crippen LogP contribution in [0.5, 0.6) is 0 Å². The Morgan fingerprint density at radius 2 is 1.96 bits per heavy atom. The molecule has 0 atom stereocenters. The van der Waals surface area contributed by atoms with E-state index in [1.165, 1.54) is 6.33 Å². The van der Waals surface area contributed by atoms with Gasteiger partial charge in [0.25, 0.3) is 0 Å². The molecular formula is C18H14N4O2. The van der Waals surface area contributed by atoms with E-state index in [9.17, 15) is 9.90 Å². The fourth-order valence-electron chi connectivity index (χ4n) is 2.96. The number of nitrogen functional groups attached to an aromatic ring is 1. The number of para-hydroxylation sites is 1. The van der Waals surface area contributed by atoms with Gasteiger partial charge in [0.15, 0.2) is 0 Å². The van der Waals surface area contributed by atoms with Crippen molar-refractivity contribution in [2.75, 3.05) is 5.73 Å². The SMILES string of the molecule is Nc1ncnc2cc(Cn3c(C(=O)O)cc4ccccc43)ccc12. The Labute approximate surface area is 137 Å². The van der Waals surface area contributed by atoms with Crippen molar-refractivity contribution in [2.24, 2.45) is 0 Å². The van der Waals surface area contributed by atoms with Gasteiger partial charge in [0, 0.05) is 22.8 Å². The Morgan fingerprint density at radius 3 is 2.79 bits per heavy atom. The summed E-state index contributed by atoms with van der Waals surface area (Å²) < 4.78 is 1.80. The molecular weight excluding hydrogens is 304 g/mol. The summed E-state index contributed by atoms with van der Waals surface area (Å²) in [5.74, 6) is -0.511. The van der Waals surface area contributed by atoms with Crippen LogP contribution in [-0.4, -0.2) is 25.6 Å². The van der Waals surface area contributed by atoms with Gasteiger partial charge < -0.3 is 15.4 Å². The van der Waals surface area contributed by atoms with Crippen LogP contribution < -0.4 is 5.73 Å². The second-order valence-corrected chi connectivity index (χ2v) is 5.59. The van der Waals surface area contributed by atoms with E-state index in [1.807, 2.05) is 42.5 Å². The summed E-state index contributed by atoms with van der Waals surface area (Å²) in [5, 5.41) is 11.2. The number of anilines is 1. The highest BCUT2D eigenvalue weighted by molar-refractivity contribution is 5.94. The molecule has 0 spiro atoms. The fraction of sp³-hybridized carbons (Fsp3) is 0.0556. The number of hydrogen-bond acceptors (Lipinski definition) is 4. The number of carbonyl (C=O) groups is 1. The maximum Gasteiger partial charge on any atom is 0.352 e. The smallest absolute Gasteiger partial charge is 0.352 e. The normalized spacial score (nSPS) is 11.2. The predicted molar refractivity (Wildman–Crippen MR) is 91.9 cm³/mol. The molecule has 0 amide bonds. The van der Waals surface area contributed by atoms with E-state index in [-0.39, 0.29) is 5.69 Å². The number of hydrogen-bond donors (Lipinski definition) is 2. The molecule has 6 heteroatoms. The lowest BCUT2D eigenvalue weighted by molar-refractivity contribution is 0.0686. The average molecular weight is 318 g/mol. The van der Waals surface area contributed by atoms with Crippen LogP contribution in [-0.2, 0) is 6.54 Å². The minimum Gasteiger partial charge on any atom is -0.477 e. The molecule has 118 valence electrons. The van der Waals surface area contributed by atoms with Gasteiger partial charge in [-0.25, -0.2) is 14.8 Å². The molecule has 2 heterocycles. The molecule has 0 unspecified atom stereocenters. The molecule has 0 saturated carbocycles. The summed E-state index contributed by atoms with van der Waals surface area (Å²) in [6.07, 6.45) is 1.43. The van der Waals surface area contributed by atoms with Crippen molar-refractivity contribution in [3.8, 4) is 0 Å². The Kier molecular flexibility index (Phi) is 3.16. The zero-order chi connectivity index (χ0) is 16.7. The molecule has 0 fully saturated rings. The minimum absolute atomic E-state index is 0.262. The molecule has 0 bridgehead atoms. The van der Waals surface area contributed by atoms with Crippen molar-refractivity contribution < 1.29 is 9.90 Å². The van der Waals surface area contributed by atoms with Crippen molar-refractivity contribution in [1.29, 1.82) is 0 Å². The lowest BCUT2D eigenvalue weighted by Gasteiger charge is -2.10. The van der Waals surface area contributed by atoms with Crippen LogP contribution in [0.25, 0.3) is 21.8 Å². The standard InChI is InChI=1S/C18H14N4O2/c19-17-13-6-5-11(7-14(13)20-10-21-17)9-22-15-4-2-1-3-12(15)8-16(22)18(23)24/h1-8,10H,9H2,(H,23,24)(H2,19,20,21). The molecule has 24 heavy (non-hydrogen) atoms. The molecule has 2 aromatic heterocycles. The molecule has 4 rings (SSSR count). The molecule has 3 N–H and O–H groups in total. The van der Waals surface area contributed by atoms with E-state index in [4.69, 9.17) is 5.73 Å². The first-order valence-electron chi connectivity index (χ1n) is 7.44. The monoisotopic (exact) mass is 318 g/mol. The number of carboxylic acids is 1. The number of nitrogens with two attached hydrogens (primary N) is 1. The van der Waals surface area contributed by atoms with Gasteiger partial charge in [0.05, 0.1) is 5.52 Å². The lowest BCUT2D eigenvalue weighted by atomic mass is 10.1. The highest BCUT2D eigenvalue weighted by atomic mass is 16.4. The Bertz CT molecular complexity index is 1080. The summed E-state index contributed by atoms with van der Waals surface area (Å²) >= 11 is 0. The summed E-state index contributed by atoms with van der Waals surface area (Å²) in [6, 6.07) is 15.0. The van der Waals surface area contributed by atoms with Gasteiger partial charge in [-0.1, -0.05) is 24.3 Å². The molecule has 4 aromatic rings. The predicted octanol–water partition coefficient (Wildman–Crippen LogP) is 2.91. The number of fused-ring (bicyclic) bond motifs is 2. The van der Waals surface area contributed by atoms with Gasteiger partial charge in [0.2, 0.25) is 0 Å². The van der Waals surface area contributed by atoms with Crippen LogP contribution in [0.2, 0.25) is 0 Å². The first-order chi connectivity index (χ1) is 11.6. The number of rotatable bonds is 3. The second kappa shape index (κ2) is 5.34. The van der Waals surface area contributed by atoms with Crippen LogP contribution in [0.1, 0.15) is 16.1 Å². The van der Waals surface area contributed by atoms with Crippen molar-refractivity contribution >= 4 is 33.6 Å². The number of nitrogens with zero attached hydrogens (tertiary/aromatic N) is 3. The van der Waals surface area contributed by atoms with E-state index in [0.717, 1.165) is 27.4 Å². The fourth-order valence-corrected chi connectivity index (χ4v) is 2.96. The molecule has 0 radical (unpaired) electrons. The highest BCUT2D eigenvalue weighted by Gasteiger charge is 2.15. The summed E-state index contributed by atoms with van der Waals surface area (Å²) in [5.41, 5.74) is 8.69. The Balaban J connectivity index is 1.84. The van der Waals surface area contributed by atoms with Gasteiger partial charge in [-0.2, -0.15) is 0 Å². The third kappa shape index (κ3) is 2.25.